The normalized spacial score (nSPS) is 20.4. The van der Waals surface area contributed by atoms with Gasteiger partial charge in [-0.15, -0.1) is 0 Å². The van der Waals surface area contributed by atoms with E-state index in [0.717, 1.165) is 18.8 Å². The van der Waals surface area contributed by atoms with Crippen LogP contribution in [0.2, 0.25) is 0 Å². The molecule has 3 heterocycles. The number of piperidine rings is 1. The lowest BCUT2D eigenvalue weighted by Crippen LogP contribution is -2.55. The number of aromatic nitrogens is 2. The highest BCUT2D eigenvalue weighted by atomic mass is 16.3. The third kappa shape index (κ3) is 3.96. The average Bonchev–Trinajstić information content (AvgIpc) is 2.62. The lowest BCUT2D eigenvalue weighted by molar-refractivity contribution is -0.000168. The summed E-state index contributed by atoms with van der Waals surface area (Å²) in [5, 5.41) is 11.1. The summed E-state index contributed by atoms with van der Waals surface area (Å²) in [7, 11) is 1.73. The third-order valence-electron chi connectivity index (χ3n) is 4.64. The Morgan fingerprint density at radius 1 is 1.28 bits per heavy atom. The Morgan fingerprint density at radius 2 is 2.08 bits per heavy atom. The number of rotatable bonds is 4. The highest BCUT2D eigenvalue weighted by molar-refractivity contribution is 5.95. The maximum absolute atomic E-state index is 12.7. The molecule has 1 aliphatic rings. The molecule has 0 spiro atoms. The number of pyridine rings is 2. The molecule has 25 heavy (non-hydrogen) atoms. The number of β-amino-alcohol motifs (C(OH)–C–C–N with tert-alkyl or cyclic N) is 1. The van der Waals surface area contributed by atoms with Gasteiger partial charge in [-0.05, 0) is 44.0 Å². The quantitative estimate of drug-likeness (QED) is 0.920. The molecular formula is C19H24N4O2. The van der Waals surface area contributed by atoms with Crippen LogP contribution in [-0.2, 0) is 0 Å². The van der Waals surface area contributed by atoms with E-state index in [1.54, 1.807) is 36.5 Å². The molecule has 1 N–H and O–H groups in total. The zero-order chi connectivity index (χ0) is 17.9. The van der Waals surface area contributed by atoms with Crippen molar-refractivity contribution in [1.82, 2.24) is 14.9 Å². The first-order valence-electron chi connectivity index (χ1n) is 8.54. The van der Waals surface area contributed by atoms with E-state index in [4.69, 9.17) is 0 Å². The van der Waals surface area contributed by atoms with Crippen molar-refractivity contribution in [2.75, 3.05) is 31.6 Å². The lowest BCUT2D eigenvalue weighted by Gasteiger charge is -2.41. The fourth-order valence-corrected chi connectivity index (χ4v) is 3.41. The zero-order valence-corrected chi connectivity index (χ0v) is 14.7. The molecule has 1 amide bonds. The maximum atomic E-state index is 12.7. The number of amides is 1. The van der Waals surface area contributed by atoms with Crippen LogP contribution in [0.5, 0.6) is 0 Å². The first kappa shape index (κ1) is 17.4. The molecule has 1 atom stereocenters. The summed E-state index contributed by atoms with van der Waals surface area (Å²) < 4.78 is 0. The summed E-state index contributed by atoms with van der Waals surface area (Å²) >= 11 is 0. The van der Waals surface area contributed by atoms with Gasteiger partial charge in [0.1, 0.15) is 5.82 Å². The summed E-state index contributed by atoms with van der Waals surface area (Å²) in [4.78, 5) is 24.9. The second-order valence-electron chi connectivity index (χ2n) is 6.73. The van der Waals surface area contributed by atoms with Crippen molar-refractivity contribution in [2.45, 2.75) is 25.4 Å². The summed E-state index contributed by atoms with van der Waals surface area (Å²) in [5.41, 5.74) is 0.326. The van der Waals surface area contributed by atoms with Crippen molar-refractivity contribution >= 4 is 11.7 Å². The molecule has 6 heteroatoms. The number of aliphatic hydroxyl groups is 1. The van der Waals surface area contributed by atoms with Gasteiger partial charge in [0.05, 0.1) is 17.7 Å². The fourth-order valence-electron chi connectivity index (χ4n) is 3.41. The predicted molar refractivity (Wildman–Crippen MR) is 96.6 cm³/mol. The second-order valence-corrected chi connectivity index (χ2v) is 6.73. The maximum Gasteiger partial charge on any atom is 0.255 e. The van der Waals surface area contributed by atoms with Crippen molar-refractivity contribution in [3.8, 4) is 0 Å². The van der Waals surface area contributed by atoms with Crippen LogP contribution in [0.25, 0.3) is 0 Å². The number of anilines is 1. The van der Waals surface area contributed by atoms with E-state index in [-0.39, 0.29) is 12.5 Å². The highest BCUT2D eigenvalue weighted by Gasteiger charge is 2.36. The van der Waals surface area contributed by atoms with Gasteiger partial charge >= 0.3 is 0 Å². The van der Waals surface area contributed by atoms with Gasteiger partial charge in [-0.2, -0.15) is 0 Å². The van der Waals surface area contributed by atoms with Gasteiger partial charge in [0, 0.05) is 38.2 Å². The lowest BCUT2D eigenvalue weighted by atomic mass is 9.92. The Bertz CT molecular complexity index is 737. The van der Waals surface area contributed by atoms with E-state index < -0.39 is 5.60 Å². The number of carbonyl (C=O) groups is 1. The Kier molecular flexibility index (Phi) is 4.99. The number of nitrogens with zero attached hydrogens (tertiary/aromatic N) is 4. The van der Waals surface area contributed by atoms with Gasteiger partial charge in [0.25, 0.3) is 5.91 Å². The monoisotopic (exact) mass is 340 g/mol. The molecule has 1 fully saturated rings. The molecular weight excluding hydrogens is 316 g/mol. The van der Waals surface area contributed by atoms with Crippen LogP contribution >= 0.6 is 0 Å². The molecule has 132 valence electrons. The molecule has 3 rings (SSSR count). The molecule has 1 saturated heterocycles. The first-order valence-corrected chi connectivity index (χ1v) is 8.54. The topological polar surface area (TPSA) is 69.6 Å². The Labute approximate surface area is 148 Å². The van der Waals surface area contributed by atoms with Gasteiger partial charge in [0.2, 0.25) is 0 Å². The van der Waals surface area contributed by atoms with Crippen LogP contribution in [0, 0.1) is 6.92 Å². The molecule has 0 aromatic carbocycles. The molecule has 2 aromatic heterocycles. The molecule has 0 unspecified atom stereocenters. The molecule has 0 bridgehead atoms. The molecule has 1 aliphatic heterocycles. The first-order chi connectivity index (χ1) is 12.0. The summed E-state index contributed by atoms with van der Waals surface area (Å²) in [5.74, 6) is 0.742. The number of aryl methyl sites for hydroxylation is 1. The smallest absolute Gasteiger partial charge is 0.255 e. The molecule has 6 nitrogen and oxygen atoms in total. The number of hydrogen-bond donors (Lipinski definition) is 1. The van der Waals surface area contributed by atoms with Crippen molar-refractivity contribution in [3.05, 3.63) is 54.0 Å². The van der Waals surface area contributed by atoms with Gasteiger partial charge in [-0.3, -0.25) is 9.78 Å². The van der Waals surface area contributed by atoms with Gasteiger partial charge in [-0.25, -0.2) is 4.98 Å². The van der Waals surface area contributed by atoms with Crippen molar-refractivity contribution in [2.24, 2.45) is 0 Å². The fraction of sp³-hybridized carbons (Fsp3) is 0.421. The second kappa shape index (κ2) is 7.19. The van der Waals surface area contributed by atoms with Gasteiger partial charge < -0.3 is 14.9 Å². The van der Waals surface area contributed by atoms with Crippen LogP contribution in [-0.4, -0.2) is 58.2 Å². The molecule has 0 aliphatic carbocycles. The minimum atomic E-state index is -0.948. The van der Waals surface area contributed by atoms with E-state index >= 15 is 0 Å². The van der Waals surface area contributed by atoms with Crippen molar-refractivity contribution < 1.29 is 9.90 Å². The van der Waals surface area contributed by atoms with Crippen LogP contribution in [0.1, 0.15) is 28.9 Å². The van der Waals surface area contributed by atoms with E-state index in [0.29, 0.717) is 24.2 Å². The highest BCUT2D eigenvalue weighted by Crippen LogP contribution is 2.26. The predicted octanol–water partition coefficient (Wildman–Crippen LogP) is 1.89. The summed E-state index contributed by atoms with van der Waals surface area (Å²) in [6.07, 6.45) is 4.95. The SMILES string of the molecule is Cc1ncccc1C(=O)N(C)C[C@@]1(O)CCCN(c2ccccn2)C1. The van der Waals surface area contributed by atoms with E-state index in [9.17, 15) is 9.90 Å². The number of carbonyl (C=O) groups excluding carboxylic acids is 1. The van der Waals surface area contributed by atoms with Crippen LogP contribution < -0.4 is 4.90 Å². The number of likely N-dealkylation sites (N-methyl/N-ethyl adjacent to an activating group) is 1. The molecule has 2 aromatic rings. The summed E-state index contributed by atoms with van der Waals surface area (Å²) in [6, 6.07) is 9.29. The standard InChI is InChI=1S/C19H24N4O2/c1-15-16(7-5-11-20-15)18(24)22(2)13-19(25)9-6-12-23(14-19)17-8-3-4-10-21-17/h3-5,7-8,10-11,25H,6,9,12-14H2,1-2H3/t19-/m0/s1. The average molecular weight is 340 g/mol. The summed E-state index contributed by atoms with van der Waals surface area (Å²) in [6.45, 7) is 3.43. The molecule has 0 saturated carbocycles. The van der Waals surface area contributed by atoms with Crippen LogP contribution in [0.4, 0.5) is 5.82 Å². The largest absolute Gasteiger partial charge is 0.386 e. The van der Waals surface area contributed by atoms with Gasteiger partial charge in [0.15, 0.2) is 0 Å². The zero-order valence-electron chi connectivity index (χ0n) is 14.7. The minimum Gasteiger partial charge on any atom is -0.386 e. The van der Waals surface area contributed by atoms with Crippen molar-refractivity contribution in [1.29, 1.82) is 0 Å². The van der Waals surface area contributed by atoms with E-state index in [2.05, 4.69) is 14.9 Å². The van der Waals surface area contributed by atoms with Crippen molar-refractivity contribution in [3.63, 3.8) is 0 Å². The van der Waals surface area contributed by atoms with Crippen LogP contribution in [0.15, 0.2) is 42.7 Å². The Morgan fingerprint density at radius 3 is 2.80 bits per heavy atom. The van der Waals surface area contributed by atoms with E-state index in [1.165, 1.54) is 0 Å². The van der Waals surface area contributed by atoms with E-state index in [1.807, 2.05) is 25.1 Å². The molecule has 0 radical (unpaired) electrons. The third-order valence-corrected chi connectivity index (χ3v) is 4.64. The minimum absolute atomic E-state index is 0.117. The Hall–Kier alpha value is -2.47. The number of hydrogen-bond acceptors (Lipinski definition) is 5. The van der Waals surface area contributed by atoms with Gasteiger partial charge in [-0.1, -0.05) is 6.07 Å². The Balaban J connectivity index is 1.70. The van der Waals surface area contributed by atoms with Crippen LogP contribution in [0.3, 0.4) is 0 Å².